The van der Waals surface area contributed by atoms with Crippen LogP contribution in [-0.2, 0) is 4.79 Å². The molecule has 1 amide bonds. The fourth-order valence-electron chi connectivity index (χ4n) is 1.67. The van der Waals surface area contributed by atoms with E-state index >= 15 is 0 Å². The standard InChI is InChI=1S/C14H23NO/c1-14(2,3)13(16)15-11-7-10-12-8-5-4-6-9-12/h4-5,7,10,12H,6,8-9,11H2,1-3H3,(H,15,16). The number of hydrogen-bond donors (Lipinski definition) is 1. The summed E-state index contributed by atoms with van der Waals surface area (Å²) >= 11 is 0. The third-order valence-corrected chi connectivity index (χ3v) is 2.78. The van der Waals surface area contributed by atoms with Crippen LogP contribution in [0.15, 0.2) is 24.3 Å². The Hall–Kier alpha value is -1.05. The van der Waals surface area contributed by atoms with Crippen molar-refractivity contribution in [2.75, 3.05) is 6.54 Å². The second kappa shape index (κ2) is 5.88. The summed E-state index contributed by atoms with van der Waals surface area (Å²) in [5.74, 6) is 0.775. The minimum absolute atomic E-state index is 0.112. The van der Waals surface area contributed by atoms with E-state index in [-0.39, 0.29) is 11.3 Å². The van der Waals surface area contributed by atoms with Gasteiger partial charge in [0.25, 0.3) is 0 Å². The SMILES string of the molecule is CC(C)(C)C(=O)NCC=CC1CC=CCC1. The van der Waals surface area contributed by atoms with Crippen LogP contribution in [0, 0.1) is 11.3 Å². The lowest BCUT2D eigenvalue weighted by atomic mass is 9.94. The van der Waals surface area contributed by atoms with Gasteiger partial charge in [0.1, 0.15) is 0 Å². The lowest BCUT2D eigenvalue weighted by Crippen LogP contribution is -2.34. The first-order valence-corrected chi connectivity index (χ1v) is 6.10. The Morgan fingerprint density at radius 2 is 2.19 bits per heavy atom. The van der Waals surface area contributed by atoms with E-state index in [2.05, 4.69) is 29.6 Å². The van der Waals surface area contributed by atoms with Crippen LogP contribution < -0.4 is 5.32 Å². The summed E-state index contributed by atoms with van der Waals surface area (Å²) in [6.45, 7) is 6.43. The van der Waals surface area contributed by atoms with E-state index in [0.717, 1.165) is 6.42 Å². The molecule has 1 atom stereocenters. The largest absolute Gasteiger partial charge is 0.352 e. The molecule has 0 aliphatic heterocycles. The molecule has 0 saturated heterocycles. The van der Waals surface area contributed by atoms with E-state index in [1.54, 1.807) is 0 Å². The molecule has 2 heteroatoms. The summed E-state index contributed by atoms with van der Waals surface area (Å²) in [5.41, 5.74) is -0.290. The molecular formula is C14H23NO. The van der Waals surface area contributed by atoms with Crippen molar-refractivity contribution >= 4 is 5.91 Å². The van der Waals surface area contributed by atoms with Crippen LogP contribution in [0.3, 0.4) is 0 Å². The van der Waals surface area contributed by atoms with Gasteiger partial charge in [-0.1, -0.05) is 45.1 Å². The molecule has 1 aliphatic carbocycles. The molecule has 0 fully saturated rings. The molecule has 90 valence electrons. The molecule has 0 spiro atoms. The van der Waals surface area contributed by atoms with Crippen LogP contribution in [0.5, 0.6) is 0 Å². The summed E-state index contributed by atoms with van der Waals surface area (Å²) in [4.78, 5) is 11.6. The highest BCUT2D eigenvalue weighted by molar-refractivity contribution is 5.81. The zero-order valence-corrected chi connectivity index (χ0v) is 10.6. The van der Waals surface area contributed by atoms with E-state index in [1.165, 1.54) is 12.8 Å². The monoisotopic (exact) mass is 221 g/mol. The molecule has 16 heavy (non-hydrogen) atoms. The normalized spacial score (nSPS) is 21.3. The van der Waals surface area contributed by atoms with Crippen LogP contribution in [0.4, 0.5) is 0 Å². The topological polar surface area (TPSA) is 29.1 Å². The number of carbonyl (C=O) groups is 1. The maximum absolute atomic E-state index is 11.6. The summed E-state index contributed by atoms with van der Waals surface area (Å²) in [7, 11) is 0. The predicted octanol–water partition coefficient (Wildman–Crippen LogP) is 3.06. The van der Waals surface area contributed by atoms with Crippen molar-refractivity contribution < 1.29 is 4.79 Å². The number of nitrogens with one attached hydrogen (secondary N) is 1. The average Bonchev–Trinajstić information content (AvgIpc) is 2.24. The van der Waals surface area contributed by atoms with Crippen molar-refractivity contribution in [1.29, 1.82) is 0 Å². The van der Waals surface area contributed by atoms with Crippen molar-refractivity contribution in [2.24, 2.45) is 11.3 Å². The molecule has 1 N–H and O–H groups in total. The minimum Gasteiger partial charge on any atom is -0.352 e. The average molecular weight is 221 g/mol. The Morgan fingerprint density at radius 3 is 2.75 bits per heavy atom. The Kier molecular flexibility index (Phi) is 4.78. The Bertz CT molecular complexity index is 284. The summed E-state index contributed by atoms with van der Waals surface area (Å²) < 4.78 is 0. The van der Waals surface area contributed by atoms with Gasteiger partial charge in [0.15, 0.2) is 0 Å². The van der Waals surface area contributed by atoms with Crippen LogP contribution in [-0.4, -0.2) is 12.5 Å². The summed E-state index contributed by atoms with van der Waals surface area (Å²) in [6, 6.07) is 0. The van der Waals surface area contributed by atoms with Gasteiger partial charge in [0.05, 0.1) is 0 Å². The first kappa shape index (κ1) is 13.0. The van der Waals surface area contributed by atoms with Crippen molar-refractivity contribution in [3.63, 3.8) is 0 Å². The lowest BCUT2D eigenvalue weighted by molar-refractivity contribution is -0.128. The molecule has 0 heterocycles. The van der Waals surface area contributed by atoms with E-state index in [4.69, 9.17) is 0 Å². The van der Waals surface area contributed by atoms with Gasteiger partial charge >= 0.3 is 0 Å². The third-order valence-electron chi connectivity index (χ3n) is 2.78. The van der Waals surface area contributed by atoms with E-state index in [0.29, 0.717) is 12.5 Å². The molecule has 1 unspecified atom stereocenters. The second-order valence-corrected chi connectivity index (χ2v) is 5.43. The van der Waals surface area contributed by atoms with Crippen molar-refractivity contribution in [3.8, 4) is 0 Å². The fourth-order valence-corrected chi connectivity index (χ4v) is 1.67. The van der Waals surface area contributed by atoms with Gasteiger partial charge in [-0.25, -0.2) is 0 Å². The molecular weight excluding hydrogens is 198 g/mol. The highest BCUT2D eigenvalue weighted by Gasteiger charge is 2.19. The highest BCUT2D eigenvalue weighted by Crippen LogP contribution is 2.18. The number of amides is 1. The molecule has 0 aromatic rings. The fraction of sp³-hybridized carbons (Fsp3) is 0.643. The van der Waals surface area contributed by atoms with Crippen molar-refractivity contribution in [3.05, 3.63) is 24.3 Å². The maximum Gasteiger partial charge on any atom is 0.225 e. The summed E-state index contributed by atoms with van der Waals surface area (Å²) in [6.07, 6.45) is 12.4. The molecule has 0 radical (unpaired) electrons. The molecule has 0 saturated carbocycles. The van der Waals surface area contributed by atoms with Crippen molar-refractivity contribution in [1.82, 2.24) is 5.32 Å². The highest BCUT2D eigenvalue weighted by atomic mass is 16.2. The second-order valence-electron chi connectivity index (χ2n) is 5.43. The van der Waals surface area contributed by atoms with Crippen LogP contribution >= 0.6 is 0 Å². The number of rotatable bonds is 3. The van der Waals surface area contributed by atoms with Crippen LogP contribution in [0.2, 0.25) is 0 Å². The van der Waals surface area contributed by atoms with Gasteiger partial charge in [0.2, 0.25) is 5.91 Å². The van der Waals surface area contributed by atoms with Crippen LogP contribution in [0.1, 0.15) is 40.0 Å². The molecule has 1 rings (SSSR count). The van der Waals surface area contributed by atoms with Gasteiger partial charge in [0, 0.05) is 12.0 Å². The first-order chi connectivity index (χ1) is 7.50. The van der Waals surface area contributed by atoms with Gasteiger partial charge < -0.3 is 5.32 Å². The maximum atomic E-state index is 11.6. The van der Waals surface area contributed by atoms with Gasteiger partial charge in [-0.05, 0) is 25.2 Å². The van der Waals surface area contributed by atoms with E-state index in [9.17, 15) is 4.79 Å². The number of hydrogen-bond acceptors (Lipinski definition) is 1. The number of carbonyl (C=O) groups excluding carboxylic acids is 1. The quantitative estimate of drug-likeness (QED) is 0.729. The third kappa shape index (κ3) is 4.65. The van der Waals surface area contributed by atoms with E-state index < -0.39 is 0 Å². The van der Waals surface area contributed by atoms with Crippen molar-refractivity contribution in [2.45, 2.75) is 40.0 Å². The smallest absolute Gasteiger partial charge is 0.225 e. The predicted molar refractivity (Wildman–Crippen MR) is 68.1 cm³/mol. The minimum atomic E-state index is -0.290. The molecule has 1 aliphatic rings. The Morgan fingerprint density at radius 1 is 1.44 bits per heavy atom. The van der Waals surface area contributed by atoms with E-state index in [1.807, 2.05) is 20.8 Å². The Labute approximate surface area is 98.8 Å². The summed E-state index contributed by atoms with van der Waals surface area (Å²) in [5, 5.41) is 2.92. The zero-order valence-electron chi connectivity index (χ0n) is 10.6. The molecule has 0 aromatic heterocycles. The molecule has 2 nitrogen and oxygen atoms in total. The van der Waals surface area contributed by atoms with Gasteiger partial charge in [-0.2, -0.15) is 0 Å². The Balaban J connectivity index is 2.22. The molecule has 0 bridgehead atoms. The zero-order chi connectivity index (χ0) is 12.0. The van der Waals surface area contributed by atoms with Gasteiger partial charge in [-0.3, -0.25) is 4.79 Å². The number of allylic oxidation sites excluding steroid dienone is 3. The lowest BCUT2D eigenvalue weighted by Gasteiger charge is -2.17. The van der Waals surface area contributed by atoms with Crippen LogP contribution in [0.25, 0.3) is 0 Å². The van der Waals surface area contributed by atoms with Gasteiger partial charge in [-0.15, -0.1) is 0 Å². The first-order valence-electron chi connectivity index (χ1n) is 6.10. The molecule has 0 aromatic carbocycles.